The molecule has 0 aliphatic heterocycles. The maximum Gasteiger partial charge on any atom is 0.341 e. The molecular formula is C21H23ClN2O4S. The fourth-order valence-electron chi connectivity index (χ4n) is 2.57. The number of likely N-dealkylation sites (N-methyl/N-ethyl adjacent to an activating group) is 1. The number of nitrogens with one attached hydrogen (secondary N) is 1. The molecule has 0 aliphatic rings. The molecule has 29 heavy (non-hydrogen) atoms. The molecule has 1 heterocycles. The van der Waals surface area contributed by atoms with Crippen LogP contribution in [0.1, 0.15) is 38.1 Å². The van der Waals surface area contributed by atoms with Gasteiger partial charge in [0.1, 0.15) is 5.00 Å². The average Bonchev–Trinajstić information content (AvgIpc) is 2.97. The van der Waals surface area contributed by atoms with Crippen molar-refractivity contribution in [3.8, 4) is 0 Å². The Morgan fingerprint density at radius 1 is 1.21 bits per heavy atom. The first-order valence-corrected chi connectivity index (χ1v) is 10.2. The van der Waals surface area contributed by atoms with Crippen LogP contribution in [0.15, 0.2) is 30.3 Å². The summed E-state index contributed by atoms with van der Waals surface area (Å²) >= 11 is 6.93. The lowest BCUT2D eigenvalue weighted by Crippen LogP contribution is -2.21. The van der Waals surface area contributed by atoms with Gasteiger partial charge < -0.3 is 15.0 Å². The number of esters is 1. The Morgan fingerprint density at radius 2 is 1.86 bits per heavy atom. The number of carbonyl (C=O) groups excluding carboxylic acids is 3. The number of ketones is 1. The number of ether oxygens (including phenoxy) is 1. The highest BCUT2D eigenvalue weighted by Gasteiger charge is 2.26. The summed E-state index contributed by atoms with van der Waals surface area (Å²) in [4.78, 5) is 39.5. The molecule has 1 aromatic carbocycles. The number of nitrogens with zero attached hydrogens (tertiary/aromatic N) is 1. The fraction of sp³-hybridized carbons (Fsp3) is 0.286. The molecule has 1 aromatic heterocycles. The molecule has 6 nitrogen and oxygen atoms in total. The predicted molar refractivity (Wildman–Crippen MR) is 117 cm³/mol. The maximum absolute atomic E-state index is 12.5. The van der Waals surface area contributed by atoms with E-state index in [0.29, 0.717) is 20.5 Å². The zero-order valence-corrected chi connectivity index (χ0v) is 18.3. The number of hydrogen-bond donors (Lipinski definition) is 1. The van der Waals surface area contributed by atoms with E-state index in [2.05, 4.69) is 5.32 Å². The van der Waals surface area contributed by atoms with E-state index < -0.39 is 11.9 Å². The maximum atomic E-state index is 12.5. The van der Waals surface area contributed by atoms with Crippen LogP contribution in [0, 0.1) is 6.92 Å². The third kappa shape index (κ3) is 6.25. The van der Waals surface area contributed by atoms with Gasteiger partial charge in [-0.25, -0.2) is 4.79 Å². The fourth-order valence-corrected chi connectivity index (χ4v) is 3.83. The Bertz CT molecular complexity index is 933. The lowest BCUT2D eigenvalue weighted by Gasteiger charge is -2.07. The van der Waals surface area contributed by atoms with E-state index in [9.17, 15) is 14.4 Å². The van der Waals surface area contributed by atoms with Gasteiger partial charge in [-0.15, -0.1) is 11.3 Å². The van der Waals surface area contributed by atoms with Gasteiger partial charge in [-0.1, -0.05) is 23.7 Å². The number of Topliss-reactive ketones (excluding diaryl/α,β-unsaturated/α-hetero) is 1. The summed E-state index contributed by atoms with van der Waals surface area (Å²) in [5, 5.41) is 3.61. The van der Waals surface area contributed by atoms with Crippen molar-refractivity contribution >= 4 is 51.7 Å². The molecule has 8 heteroatoms. The van der Waals surface area contributed by atoms with Crippen LogP contribution in [0.25, 0.3) is 6.08 Å². The van der Waals surface area contributed by atoms with E-state index in [1.165, 1.54) is 6.08 Å². The highest BCUT2D eigenvalue weighted by atomic mass is 35.5. The molecule has 1 amide bonds. The average molecular weight is 435 g/mol. The van der Waals surface area contributed by atoms with E-state index in [1.807, 2.05) is 0 Å². The summed E-state index contributed by atoms with van der Waals surface area (Å²) < 4.78 is 5.11. The molecule has 0 fully saturated rings. The zero-order valence-electron chi connectivity index (χ0n) is 16.7. The normalized spacial score (nSPS) is 11.1. The zero-order chi connectivity index (χ0) is 21.6. The van der Waals surface area contributed by atoms with Gasteiger partial charge in [0.15, 0.2) is 5.78 Å². The van der Waals surface area contributed by atoms with Crippen LogP contribution in [-0.4, -0.2) is 49.8 Å². The largest absolute Gasteiger partial charge is 0.462 e. The van der Waals surface area contributed by atoms with E-state index in [0.717, 1.165) is 16.9 Å². The van der Waals surface area contributed by atoms with Gasteiger partial charge in [0.25, 0.3) is 0 Å². The van der Waals surface area contributed by atoms with Crippen LogP contribution in [0.5, 0.6) is 0 Å². The van der Waals surface area contributed by atoms with Crippen molar-refractivity contribution in [3.63, 3.8) is 0 Å². The predicted octanol–water partition coefficient (Wildman–Crippen LogP) is 4.28. The minimum Gasteiger partial charge on any atom is -0.462 e. The molecule has 0 atom stereocenters. The number of hydrogen-bond acceptors (Lipinski definition) is 6. The minimum absolute atomic E-state index is 0.125. The second-order valence-corrected chi connectivity index (χ2v) is 7.97. The SMILES string of the molecule is CCOC(=O)c1c(NC(=O)/C=C/c2ccc(Cl)cc2)sc(C(=O)CN(C)C)c1C. The molecule has 0 saturated heterocycles. The van der Waals surface area contributed by atoms with Gasteiger partial charge in [-0.3, -0.25) is 9.59 Å². The first-order chi connectivity index (χ1) is 13.7. The number of halogens is 1. The Labute approximate surface area is 179 Å². The van der Waals surface area contributed by atoms with E-state index in [-0.39, 0.29) is 24.5 Å². The number of carbonyl (C=O) groups is 3. The van der Waals surface area contributed by atoms with Gasteiger partial charge in [0.05, 0.1) is 23.6 Å². The topological polar surface area (TPSA) is 75.7 Å². The quantitative estimate of drug-likeness (QED) is 0.381. The lowest BCUT2D eigenvalue weighted by atomic mass is 10.1. The minimum atomic E-state index is -0.567. The van der Waals surface area contributed by atoms with Crippen molar-refractivity contribution in [2.45, 2.75) is 13.8 Å². The summed E-state index contributed by atoms with van der Waals surface area (Å²) in [5.74, 6) is -1.11. The number of thiophene rings is 1. The van der Waals surface area contributed by atoms with Gasteiger partial charge in [0, 0.05) is 11.1 Å². The van der Waals surface area contributed by atoms with Crippen molar-refractivity contribution in [2.75, 3.05) is 32.6 Å². The van der Waals surface area contributed by atoms with Crippen LogP contribution in [0.2, 0.25) is 5.02 Å². The summed E-state index contributed by atoms with van der Waals surface area (Å²) in [7, 11) is 3.58. The van der Waals surface area contributed by atoms with Crippen molar-refractivity contribution in [1.82, 2.24) is 4.90 Å². The second kappa shape index (κ2) is 10.3. The molecule has 0 bridgehead atoms. The molecule has 0 aliphatic carbocycles. The van der Waals surface area contributed by atoms with Crippen LogP contribution in [-0.2, 0) is 9.53 Å². The Hall–Kier alpha value is -2.48. The number of anilines is 1. The van der Waals surface area contributed by atoms with Crippen LogP contribution >= 0.6 is 22.9 Å². The highest BCUT2D eigenvalue weighted by molar-refractivity contribution is 7.18. The lowest BCUT2D eigenvalue weighted by molar-refractivity contribution is -0.111. The van der Waals surface area contributed by atoms with Gasteiger partial charge >= 0.3 is 5.97 Å². The molecule has 0 saturated carbocycles. The van der Waals surface area contributed by atoms with Crippen LogP contribution in [0.4, 0.5) is 5.00 Å². The monoisotopic (exact) mass is 434 g/mol. The van der Waals surface area contributed by atoms with E-state index in [1.54, 1.807) is 63.2 Å². The molecular weight excluding hydrogens is 412 g/mol. The van der Waals surface area contributed by atoms with Gasteiger partial charge in [-0.05, 0) is 57.3 Å². The van der Waals surface area contributed by atoms with E-state index >= 15 is 0 Å². The Morgan fingerprint density at radius 3 is 2.45 bits per heavy atom. The first kappa shape index (κ1) is 22.8. The van der Waals surface area contributed by atoms with Crippen LogP contribution < -0.4 is 5.32 Å². The molecule has 1 N–H and O–H groups in total. The van der Waals surface area contributed by atoms with Crippen molar-refractivity contribution in [1.29, 1.82) is 0 Å². The van der Waals surface area contributed by atoms with Crippen molar-refractivity contribution in [3.05, 3.63) is 56.9 Å². The van der Waals surface area contributed by atoms with Gasteiger partial charge in [-0.2, -0.15) is 0 Å². The number of amides is 1. The summed E-state index contributed by atoms with van der Waals surface area (Å²) in [6.45, 7) is 3.78. The highest BCUT2D eigenvalue weighted by Crippen LogP contribution is 2.34. The third-order valence-corrected chi connectivity index (χ3v) is 5.37. The summed E-state index contributed by atoms with van der Waals surface area (Å²) in [5.41, 5.74) is 1.53. The molecule has 2 aromatic rings. The van der Waals surface area contributed by atoms with Crippen LogP contribution in [0.3, 0.4) is 0 Å². The Balaban J connectivity index is 2.29. The molecule has 0 radical (unpaired) electrons. The number of benzene rings is 1. The summed E-state index contributed by atoms with van der Waals surface area (Å²) in [6.07, 6.45) is 2.99. The summed E-state index contributed by atoms with van der Waals surface area (Å²) in [6, 6.07) is 7.01. The van der Waals surface area contributed by atoms with Crippen molar-refractivity contribution in [2.24, 2.45) is 0 Å². The smallest absolute Gasteiger partial charge is 0.341 e. The Kier molecular flexibility index (Phi) is 8.13. The molecule has 2 rings (SSSR count). The molecule has 0 spiro atoms. The standard InChI is InChI=1S/C21H23ClN2O4S/c1-5-28-21(27)18-13(2)19(16(25)12-24(3)4)29-20(18)23-17(26)11-8-14-6-9-15(22)10-7-14/h6-11H,5,12H2,1-4H3,(H,23,26)/b11-8+. The second-order valence-electron chi connectivity index (χ2n) is 6.52. The third-order valence-electron chi connectivity index (χ3n) is 3.87. The van der Waals surface area contributed by atoms with Crippen molar-refractivity contribution < 1.29 is 19.1 Å². The molecule has 0 unspecified atom stereocenters. The molecule has 154 valence electrons. The van der Waals surface area contributed by atoms with E-state index in [4.69, 9.17) is 16.3 Å². The van der Waals surface area contributed by atoms with Gasteiger partial charge in [0.2, 0.25) is 5.91 Å². The number of rotatable bonds is 8. The first-order valence-electron chi connectivity index (χ1n) is 8.96.